The van der Waals surface area contributed by atoms with Crippen molar-refractivity contribution in [2.75, 3.05) is 19.5 Å². The van der Waals surface area contributed by atoms with Gasteiger partial charge in [0.05, 0.1) is 19.2 Å². The van der Waals surface area contributed by atoms with Gasteiger partial charge in [0.15, 0.2) is 0 Å². The first-order valence-electron chi connectivity index (χ1n) is 9.40. The van der Waals surface area contributed by atoms with Crippen molar-refractivity contribution in [3.05, 3.63) is 53.1 Å². The Morgan fingerprint density at radius 3 is 2.80 bits per heavy atom. The summed E-state index contributed by atoms with van der Waals surface area (Å²) in [5, 5.41) is 9.46. The summed E-state index contributed by atoms with van der Waals surface area (Å²) in [6.45, 7) is 0. The van der Waals surface area contributed by atoms with E-state index >= 15 is 0 Å². The molecule has 3 N–H and O–H groups in total. The Morgan fingerprint density at radius 2 is 2.07 bits per heavy atom. The van der Waals surface area contributed by atoms with E-state index in [0.29, 0.717) is 22.2 Å². The summed E-state index contributed by atoms with van der Waals surface area (Å²) in [4.78, 5) is 24.5. The van der Waals surface area contributed by atoms with Crippen LogP contribution < -0.4 is 25.4 Å². The molecule has 2 amide bonds. The number of amides is 2. The molecule has 2 aromatic carbocycles. The number of hydrogen-bond acceptors (Lipinski definition) is 6. The number of rotatable bonds is 8. The Morgan fingerprint density at radius 1 is 1.23 bits per heavy atom. The smallest absolute Gasteiger partial charge is 0.225 e. The molecule has 9 heteroatoms. The van der Waals surface area contributed by atoms with E-state index in [2.05, 4.69) is 16.0 Å². The second-order valence-electron chi connectivity index (χ2n) is 6.78. The predicted molar refractivity (Wildman–Crippen MR) is 119 cm³/mol. The summed E-state index contributed by atoms with van der Waals surface area (Å²) in [6.07, 6.45) is 0.417. The molecule has 30 heavy (non-hydrogen) atoms. The monoisotopic (exact) mass is 449 g/mol. The third kappa shape index (κ3) is 6.29. The number of thioether (sulfide) groups is 1. The Hall–Kier alpha value is -2.42. The van der Waals surface area contributed by atoms with Gasteiger partial charge in [-0.1, -0.05) is 23.7 Å². The number of carbonyl (C=O) groups excluding carboxylic acids is 2. The van der Waals surface area contributed by atoms with E-state index in [1.54, 1.807) is 37.1 Å². The van der Waals surface area contributed by atoms with Crippen molar-refractivity contribution in [3.8, 4) is 11.5 Å². The molecule has 0 saturated carbocycles. The van der Waals surface area contributed by atoms with Gasteiger partial charge in [0, 0.05) is 30.3 Å². The summed E-state index contributed by atoms with van der Waals surface area (Å²) in [5.41, 5.74) is 1.40. The van der Waals surface area contributed by atoms with Crippen molar-refractivity contribution in [1.82, 2.24) is 10.6 Å². The maximum absolute atomic E-state index is 12.4. The molecule has 1 fully saturated rings. The first-order valence-corrected chi connectivity index (χ1v) is 10.8. The molecule has 1 saturated heterocycles. The zero-order valence-corrected chi connectivity index (χ0v) is 18.3. The fourth-order valence-corrected chi connectivity index (χ4v) is 4.39. The summed E-state index contributed by atoms with van der Waals surface area (Å²) < 4.78 is 10.3. The molecule has 7 nitrogen and oxygen atoms in total. The third-order valence-corrected chi connectivity index (χ3v) is 5.91. The Bertz CT molecular complexity index is 912. The maximum Gasteiger partial charge on any atom is 0.225 e. The average molecular weight is 450 g/mol. The molecule has 160 valence electrons. The average Bonchev–Trinajstić information content (AvgIpc) is 2.72. The van der Waals surface area contributed by atoms with Crippen LogP contribution in [0.5, 0.6) is 11.5 Å². The summed E-state index contributed by atoms with van der Waals surface area (Å²) >= 11 is 7.65. The molecule has 1 aliphatic rings. The topological polar surface area (TPSA) is 88.7 Å². The van der Waals surface area contributed by atoms with E-state index in [9.17, 15) is 9.59 Å². The van der Waals surface area contributed by atoms with Crippen LogP contribution in [0.15, 0.2) is 42.5 Å². The number of halogens is 1. The Kier molecular flexibility index (Phi) is 7.84. The number of ether oxygens (including phenoxy) is 2. The molecule has 0 bridgehead atoms. The fraction of sp³-hybridized carbons (Fsp3) is 0.333. The van der Waals surface area contributed by atoms with E-state index in [0.717, 1.165) is 11.3 Å². The zero-order chi connectivity index (χ0) is 21.5. The van der Waals surface area contributed by atoms with Crippen LogP contribution in [-0.4, -0.2) is 37.6 Å². The highest BCUT2D eigenvalue weighted by molar-refractivity contribution is 7.99. The second-order valence-corrected chi connectivity index (χ2v) is 8.28. The van der Waals surface area contributed by atoms with Crippen molar-refractivity contribution in [1.29, 1.82) is 0 Å². The van der Waals surface area contributed by atoms with Crippen LogP contribution in [0.2, 0.25) is 5.02 Å². The standard InChI is InChI=1S/C21H24ClN3O4S/c1-28-16-5-3-4-13(8-16)12-30-21-24-15(11-20(27)25-21)10-19(26)23-14-6-7-18(29-2)17(22)9-14/h3-9,15,21,24H,10-12H2,1-2H3,(H,23,26)(H,25,27). The van der Waals surface area contributed by atoms with Gasteiger partial charge in [0.25, 0.3) is 0 Å². The van der Waals surface area contributed by atoms with Gasteiger partial charge >= 0.3 is 0 Å². The number of carbonyl (C=O) groups is 2. The van der Waals surface area contributed by atoms with Crippen molar-refractivity contribution in [3.63, 3.8) is 0 Å². The maximum atomic E-state index is 12.4. The van der Waals surface area contributed by atoms with Gasteiger partial charge in [0.1, 0.15) is 17.0 Å². The predicted octanol–water partition coefficient (Wildman–Crippen LogP) is 3.38. The minimum absolute atomic E-state index is 0.0813. The number of nitrogens with one attached hydrogen (secondary N) is 3. The van der Waals surface area contributed by atoms with E-state index in [1.165, 1.54) is 7.11 Å². The second kappa shape index (κ2) is 10.6. The van der Waals surface area contributed by atoms with Crippen molar-refractivity contribution in [2.45, 2.75) is 30.1 Å². The quantitative estimate of drug-likeness (QED) is 0.572. The van der Waals surface area contributed by atoms with Crippen LogP contribution in [0.3, 0.4) is 0 Å². The molecular weight excluding hydrogens is 426 g/mol. The lowest BCUT2D eigenvalue weighted by molar-refractivity contribution is -0.124. The highest BCUT2D eigenvalue weighted by Gasteiger charge is 2.27. The summed E-state index contributed by atoms with van der Waals surface area (Å²) in [6, 6.07) is 12.6. The lowest BCUT2D eigenvalue weighted by atomic mass is 10.1. The van der Waals surface area contributed by atoms with Crippen LogP contribution >= 0.6 is 23.4 Å². The molecule has 2 aromatic rings. The molecule has 0 aliphatic carbocycles. The van der Waals surface area contributed by atoms with Gasteiger partial charge in [-0.2, -0.15) is 0 Å². The summed E-state index contributed by atoms with van der Waals surface area (Å²) in [7, 11) is 3.16. The largest absolute Gasteiger partial charge is 0.497 e. The van der Waals surface area contributed by atoms with Gasteiger partial charge in [-0.3, -0.25) is 14.9 Å². The van der Waals surface area contributed by atoms with E-state index < -0.39 is 0 Å². The Labute approximate surface area is 184 Å². The van der Waals surface area contributed by atoms with E-state index in [1.807, 2.05) is 24.3 Å². The van der Waals surface area contributed by atoms with Gasteiger partial charge in [0.2, 0.25) is 11.8 Å². The molecule has 0 spiro atoms. The zero-order valence-electron chi connectivity index (χ0n) is 16.7. The van der Waals surface area contributed by atoms with Gasteiger partial charge in [-0.25, -0.2) is 0 Å². The third-order valence-electron chi connectivity index (χ3n) is 4.53. The van der Waals surface area contributed by atoms with Gasteiger partial charge in [-0.05, 0) is 35.9 Å². The number of benzene rings is 2. The van der Waals surface area contributed by atoms with Crippen molar-refractivity contribution in [2.24, 2.45) is 0 Å². The Balaban J connectivity index is 1.52. The first-order chi connectivity index (χ1) is 14.5. The minimum Gasteiger partial charge on any atom is -0.497 e. The molecule has 2 atom stereocenters. The van der Waals surface area contributed by atoms with Gasteiger partial charge < -0.3 is 20.1 Å². The SMILES string of the molecule is COc1cccc(CSC2NC(=O)CC(CC(=O)Nc3ccc(OC)c(Cl)c3)N2)c1. The molecule has 3 rings (SSSR count). The van der Waals surface area contributed by atoms with Crippen molar-refractivity contribution >= 4 is 40.9 Å². The van der Waals surface area contributed by atoms with Crippen LogP contribution in [0.25, 0.3) is 0 Å². The van der Waals surface area contributed by atoms with Crippen molar-refractivity contribution < 1.29 is 19.1 Å². The highest BCUT2D eigenvalue weighted by Crippen LogP contribution is 2.27. The number of anilines is 1. The lowest BCUT2D eigenvalue weighted by Gasteiger charge is -2.31. The first kappa shape index (κ1) is 22.3. The number of methoxy groups -OCH3 is 2. The molecule has 1 aliphatic heterocycles. The number of hydrogen-bond donors (Lipinski definition) is 3. The normalized spacial score (nSPS) is 18.4. The molecule has 2 unspecified atom stereocenters. The van der Waals surface area contributed by atoms with Crippen LogP contribution in [0.4, 0.5) is 5.69 Å². The molecule has 0 aromatic heterocycles. The fourth-order valence-electron chi connectivity index (χ4n) is 3.09. The van der Waals surface area contributed by atoms with Crippen LogP contribution in [0, 0.1) is 0 Å². The summed E-state index contributed by atoms with van der Waals surface area (Å²) in [5.74, 6) is 1.75. The van der Waals surface area contributed by atoms with Crippen LogP contribution in [-0.2, 0) is 15.3 Å². The van der Waals surface area contributed by atoms with Gasteiger partial charge in [-0.15, -0.1) is 11.8 Å². The highest BCUT2D eigenvalue weighted by atomic mass is 35.5. The minimum atomic E-state index is -0.273. The van der Waals surface area contributed by atoms with E-state index in [-0.39, 0.29) is 36.2 Å². The van der Waals surface area contributed by atoms with Crippen LogP contribution in [0.1, 0.15) is 18.4 Å². The molecule has 0 radical (unpaired) electrons. The lowest BCUT2D eigenvalue weighted by Crippen LogP contribution is -2.55. The molecule has 1 heterocycles. The molecular formula is C21H24ClN3O4S. The van der Waals surface area contributed by atoms with E-state index in [4.69, 9.17) is 21.1 Å².